The van der Waals surface area contributed by atoms with Gasteiger partial charge in [-0.05, 0) is 6.42 Å². The lowest BCUT2D eigenvalue weighted by Crippen LogP contribution is -2.31. The normalized spacial score (nSPS) is 11.2. The van der Waals surface area contributed by atoms with Crippen LogP contribution in [-0.2, 0) is 10.2 Å². The van der Waals surface area contributed by atoms with Gasteiger partial charge in [0, 0.05) is 12.6 Å². The Labute approximate surface area is 105 Å². The summed E-state index contributed by atoms with van der Waals surface area (Å²) in [7, 11) is -2.28. The SMILES string of the molecule is CCCNS(=O)(=O)Nc1nc(Cl)cc(OC)n1. The molecule has 0 bridgehead atoms. The molecule has 0 aliphatic heterocycles. The summed E-state index contributed by atoms with van der Waals surface area (Å²) in [6, 6.07) is 1.37. The molecule has 2 N–H and O–H groups in total. The van der Waals surface area contributed by atoms with E-state index >= 15 is 0 Å². The van der Waals surface area contributed by atoms with E-state index in [4.69, 9.17) is 16.3 Å². The second-order valence-corrected chi connectivity index (χ2v) is 4.94. The Balaban J connectivity index is 2.84. The highest BCUT2D eigenvalue weighted by molar-refractivity contribution is 7.90. The van der Waals surface area contributed by atoms with Crippen LogP contribution < -0.4 is 14.2 Å². The lowest BCUT2D eigenvalue weighted by molar-refractivity contribution is 0.397. The number of methoxy groups -OCH3 is 1. The molecule has 1 rings (SSSR count). The molecule has 0 fully saturated rings. The van der Waals surface area contributed by atoms with Crippen LogP contribution in [0.2, 0.25) is 5.15 Å². The Morgan fingerprint density at radius 1 is 1.47 bits per heavy atom. The molecule has 0 radical (unpaired) electrons. The minimum absolute atomic E-state index is 0.0880. The van der Waals surface area contributed by atoms with Gasteiger partial charge in [0.2, 0.25) is 11.8 Å². The number of anilines is 1. The highest BCUT2D eigenvalue weighted by atomic mass is 35.5. The molecular formula is C8H13ClN4O3S. The number of nitrogens with one attached hydrogen (secondary N) is 2. The summed E-state index contributed by atoms with van der Waals surface area (Å²) in [6.45, 7) is 2.18. The predicted molar refractivity (Wildman–Crippen MR) is 64.4 cm³/mol. The van der Waals surface area contributed by atoms with Crippen molar-refractivity contribution < 1.29 is 13.2 Å². The first-order valence-electron chi connectivity index (χ1n) is 4.83. The smallest absolute Gasteiger partial charge is 0.301 e. The molecule has 1 heterocycles. The highest BCUT2D eigenvalue weighted by Gasteiger charge is 2.12. The Kier molecular flexibility index (Phi) is 4.91. The Hall–Kier alpha value is -1.12. The van der Waals surface area contributed by atoms with Gasteiger partial charge in [-0.15, -0.1) is 0 Å². The summed E-state index contributed by atoms with van der Waals surface area (Å²) < 4.78 is 32.3. The molecule has 0 unspecified atom stereocenters. The van der Waals surface area contributed by atoms with Crippen molar-refractivity contribution in [1.82, 2.24) is 14.7 Å². The summed E-state index contributed by atoms with van der Waals surface area (Å²) in [5.74, 6) is 0.0381. The average Bonchev–Trinajstić information content (AvgIpc) is 2.25. The standard InChI is InChI=1S/C8H13ClN4O3S/c1-3-4-10-17(14,15)13-8-11-6(9)5-7(12-8)16-2/h5,10H,3-4H2,1-2H3,(H,11,12,13). The number of ether oxygens (including phenoxy) is 1. The van der Waals surface area contributed by atoms with E-state index in [0.717, 1.165) is 0 Å². The maximum Gasteiger partial charge on any atom is 0.301 e. The molecule has 0 aliphatic rings. The third kappa shape index (κ3) is 4.72. The van der Waals surface area contributed by atoms with Gasteiger partial charge >= 0.3 is 10.2 Å². The number of hydrogen-bond donors (Lipinski definition) is 2. The van der Waals surface area contributed by atoms with E-state index in [1.54, 1.807) is 0 Å². The zero-order chi connectivity index (χ0) is 12.9. The fourth-order valence-electron chi connectivity index (χ4n) is 0.940. The Bertz CT molecular complexity index is 480. The maximum absolute atomic E-state index is 11.5. The minimum atomic E-state index is -3.68. The van der Waals surface area contributed by atoms with Gasteiger partial charge in [0.05, 0.1) is 7.11 Å². The number of halogens is 1. The van der Waals surface area contributed by atoms with E-state index in [1.165, 1.54) is 13.2 Å². The van der Waals surface area contributed by atoms with Gasteiger partial charge in [-0.1, -0.05) is 18.5 Å². The third-order valence-electron chi connectivity index (χ3n) is 1.65. The lowest BCUT2D eigenvalue weighted by atomic mass is 10.5. The number of aromatic nitrogens is 2. The first kappa shape index (κ1) is 13.9. The topological polar surface area (TPSA) is 93.2 Å². The van der Waals surface area contributed by atoms with Crippen LogP contribution in [0.15, 0.2) is 6.07 Å². The lowest BCUT2D eigenvalue weighted by Gasteiger charge is -2.08. The summed E-state index contributed by atoms with van der Waals surface area (Å²) >= 11 is 5.68. The molecular weight excluding hydrogens is 268 g/mol. The molecule has 0 saturated heterocycles. The molecule has 0 atom stereocenters. The fourth-order valence-corrected chi connectivity index (χ4v) is 1.99. The van der Waals surface area contributed by atoms with Crippen molar-refractivity contribution in [3.63, 3.8) is 0 Å². The molecule has 0 aliphatic carbocycles. The van der Waals surface area contributed by atoms with Gasteiger partial charge < -0.3 is 4.74 Å². The van der Waals surface area contributed by atoms with E-state index in [1.807, 2.05) is 6.92 Å². The van der Waals surface area contributed by atoms with Crippen molar-refractivity contribution in [2.24, 2.45) is 0 Å². The van der Waals surface area contributed by atoms with Gasteiger partial charge in [0.25, 0.3) is 0 Å². The maximum atomic E-state index is 11.5. The van der Waals surface area contributed by atoms with Crippen molar-refractivity contribution >= 4 is 27.8 Å². The molecule has 9 heteroatoms. The Morgan fingerprint density at radius 3 is 2.76 bits per heavy atom. The second kappa shape index (κ2) is 5.99. The molecule has 0 saturated carbocycles. The van der Waals surface area contributed by atoms with Crippen molar-refractivity contribution in [3.05, 3.63) is 11.2 Å². The summed E-state index contributed by atoms with van der Waals surface area (Å²) in [5.41, 5.74) is 0. The van der Waals surface area contributed by atoms with E-state index in [0.29, 0.717) is 13.0 Å². The number of rotatable bonds is 6. The monoisotopic (exact) mass is 280 g/mol. The van der Waals surface area contributed by atoms with Crippen molar-refractivity contribution in [1.29, 1.82) is 0 Å². The molecule has 0 amide bonds. The van der Waals surface area contributed by atoms with Gasteiger partial charge in [-0.25, -0.2) is 9.71 Å². The average molecular weight is 281 g/mol. The summed E-state index contributed by atoms with van der Waals surface area (Å²) in [6.07, 6.45) is 0.681. The quantitative estimate of drug-likeness (QED) is 0.752. The fraction of sp³-hybridized carbons (Fsp3) is 0.500. The van der Waals surface area contributed by atoms with Crippen LogP contribution in [0.5, 0.6) is 5.88 Å². The highest BCUT2D eigenvalue weighted by Crippen LogP contribution is 2.16. The van der Waals surface area contributed by atoms with Crippen LogP contribution in [0, 0.1) is 0 Å². The summed E-state index contributed by atoms with van der Waals surface area (Å²) in [5, 5.41) is 0.0880. The first-order chi connectivity index (χ1) is 7.96. The van der Waals surface area contributed by atoms with Gasteiger partial charge in [0.15, 0.2) is 0 Å². The van der Waals surface area contributed by atoms with Gasteiger partial charge in [0.1, 0.15) is 5.15 Å². The molecule has 1 aromatic heterocycles. The molecule has 0 spiro atoms. The molecule has 7 nitrogen and oxygen atoms in total. The van der Waals surface area contributed by atoms with Crippen LogP contribution in [0.3, 0.4) is 0 Å². The van der Waals surface area contributed by atoms with Crippen LogP contribution in [0.25, 0.3) is 0 Å². The zero-order valence-electron chi connectivity index (χ0n) is 9.40. The van der Waals surface area contributed by atoms with E-state index in [9.17, 15) is 8.42 Å². The molecule has 17 heavy (non-hydrogen) atoms. The van der Waals surface area contributed by atoms with Crippen LogP contribution >= 0.6 is 11.6 Å². The van der Waals surface area contributed by atoms with Crippen LogP contribution in [0.4, 0.5) is 5.95 Å². The number of hydrogen-bond acceptors (Lipinski definition) is 5. The predicted octanol–water partition coefficient (Wildman–Crippen LogP) is 0.795. The van der Waals surface area contributed by atoms with Crippen LogP contribution in [0.1, 0.15) is 13.3 Å². The summed E-state index contributed by atoms with van der Waals surface area (Å²) in [4.78, 5) is 7.52. The third-order valence-corrected chi connectivity index (χ3v) is 2.88. The van der Waals surface area contributed by atoms with E-state index < -0.39 is 10.2 Å². The van der Waals surface area contributed by atoms with Crippen molar-refractivity contribution in [2.45, 2.75) is 13.3 Å². The second-order valence-electron chi connectivity index (χ2n) is 3.06. The van der Waals surface area contributed by atoms with Gasteiger partial charge in [-0.2, -0.15) is 18.1 Å². The molecule has 0 aromatic carbocycles. The number of nitrogens with zero attached hydrogens (tertiary/aromatic N) is 2. The molecule has 96 valence electrons. The van der Waals surface area contributed by atoms with Crippen molar-refractivity contribution in [3.8, 4) is 5.88 Å². The first-order valence-corrected chi connectivity index (χ1v) is 6.69. The van der Waals surface area contributed by atoms with Crippen LogP contribution in [-0.4, -0.2) is 32.0 Å². The van der Waals surface area contributed by atoms with E-state index in [-0.39, 0.29) is 17.0 Å². The minimum Gasteiger partial charge on any atom is -0.481 e. The van der Waals surface area contributed by atoms with E-state index in [2.05, 4.69) is 19.4 Å². The molecule has 1 aromatic rings. The Morgan fingerprint density at radius 2 is 2.18 bits per heavy atom. The largest absolute Gasteiger partial charge is 0.481 e. The van der Waals surface area contributed by atoms with Gasteiger partial charge in [-0.3, -0.25) is 0 Å². The zero-order valence-corrected chi connectivity index (χ0v) is 11.0. The van der Waals surface area contributed by atoms with Crippen molar-refractivity contribution in [2.75, 3.05) is 18.4 Å².